The first-order chi connectivity index (χ1) is 5.25. The van der Waals surface area contributed by atoms with Crippen molar-refractivity contribution >= 4 is 11.5 Å². The van der Waals surface area contributed by atoms with Crippen LogP contribution < -0.4 is 5.73 Å². The topological polar surface area (TPSA) is 38.9 Å². The van der Waals surface area contributed by atoms with Crippen molar-refractivity contribution in [3.8, 4) is 0 Å². The van der Waals surface area contributed by atoms with E-state index in [1.807, 2.05) is 5.38 Å². The van der Waals surface area contributed by atoms with Crippen molar-refractivity contribution in [3.05, 3.63) is 17.1 Å². The van der Waals surface area contributed by atoms with Crippen molar-refractivity contribution in [2.45, 2.75) is 19.8 Å². The second-order valence-electron chi connectivity index (χ2n) is 2.93. The van der Waals surface area contributed by atoms with Crippen LogP contribution in [0.4, 0.5) is 0 Å². The van der Waals surface area contributed by atoms with Gasteiger partial charge in [-0.3, -0.25) is 0 Å². The minimum Gasteiger partial charge on any atom is -0.330 e. The molecule has 2 nitrogen and oxygen atoms in total. The van der Waals surface area contributed by atoms with Crippen LogP contribution in [-0.4, -0.2) is 10.9 Å². The maximum Gasteiger partial charge on any atom is 0.0573 e. The third-order valence-corrected chi connectivity index (χ3v) is 2.72. The molecule has 0 saturated heterocycles. The van der Waals surface area contributed by atoms with E-state index < -0.39 is 0 Å². The van der Waals surface area contributed by atoms with E-state index in [1.54, 1.807) is 0 Å². The van der Waals surface area contributed by atoms with Crippen LogP contribution in [-0.2, 0) is 0 Å². The molecule has 0 aromatic carbocycles. The van der Waals surface area contributed by atoms with E-state index in [0.717, 1.165) is 6.54 Å². The minimum absolute atomic E-state index is 0.492. The number of aromatic nitrogens is 1. The van der Waals surface area contributed by atoms with E-state index in [1.165, 1.54) is 17.2 Å². The molecule has 1 rings (SSSR count). The maximum absolute atomic E-state index is 5.55. The summed E-state index contributed by atoms with van der Waals surface area (Å²) in [6.07, 6.45) is 0. The van der Waals surface area contributed by atoms with Gasteiger partial charge in [0.05, 0.1) is 5.69 Å². The van der Waals surface area contributed by atoms with Gasteiger partial charge in [0.25, 0.3) is 0 Å². The summed E-state index contributed by atoms with van der Waals surface area (Å²) in [5.74, 6) is 1.02. The summed E-state index contributed by atoms with van der Waals surface area (Å²) in [5, 5.41) is 2.01. The van der Waals surface area contributed by atoms with Gasteiger partial charge in [0.15, 0.2) is 0 Å². The van der Waals surface area contributed by atoms with Crippen LogP contribution in [0, 0.1) is 5.92 Å². The molecule has 0 aliphatic carbocycles. The first-order valence-corrected chi connectivity index (χ1v) is 4.69. The monoisotopic (exact) mass is 170 g/mol. The molecule has 0 bridgehead atoms. The van der Waals surface area contributed by atoms with Crippen LogP contribution in [0.2, 0.25) is 0 Å². The van der Waals surface area contributed by atoms with E-state index in [2.05, 4.69) is 24.3 Å². The number of hydrogen-bond acceptors (Lipinski definition) is 3. The van der Waals surface area contributed by atoms with Crippen molar-refractivity contribution in [2.24, 2.45) is 11.7 Å². The van der Waals surface area contributed by atoms with Crippen molar-refractivity contribution in [2.75, 3.05) is 6.54 Å². The van der Waals surface area contributed by atoms with Gasteiger partial charge in [-0.15, -0.1) is 0 Å². The molecule has 3 heteroatoms. The third kappa shape index (κ3) is 2.01. The molecule has 0 aliphatic heterocycles. The molecule has 11 heavy (non-hydrogen) atoms. The highest BCUT2D eigenvalue weighted by atomic mass is 32.1. The lowest BCUT2D eigenvalue weighted by molar-refractivity contribution is 0.492. The molecule has 0 saturated carbocycles. The van der Waals surface area contributed by atoms with Crippen molar-refractivity contribution < 1.29 is 0 Å². The molecule has 2 N–H and O–H groups in total. The maximum atomic E-state index is 5.55. The number of nitrogens with zero attached hydrogens (tertiary/aromatic N) is 1. The summed E-state index contributed by atoms with van der Waals surface area (Å²) < 4.78 is 4.27. The highest BCUT2D eigenvalue weighted by Crippen LogP contribution is 2.22. The largest absolute Gasteiger partial charge is 0.330 e. The molecule has 1 aromatic heterocycles. The highest BCUT2D eigenvalue weighted by Gasteiger charge is 2.13. The molecule has 0 fully saturated rings. The predicted octanol–water partition coefficient (Wildman–Crippen LogP) is 1.84. The van der Waals surface area contributed by atoms with Crippen LogP contribution in [0.25, 0.3) is 0 Å². The summed E-state index contributed by atoms with van der Waals surface area (Å²) >= 11 is 1.50. The van der Waals surface area contributed by atoms with Gasteiger partial charge in [0.2, 0.25) is 0 Å². The molecule has 2 atom stereocenters. The van der Waals surface area contributed by atoms with Crippen LogP contribution in [0.3, 0.4) is 0 Å². The Labute approximate surface area is 71.6 Å². The standard InChI is InChI=1S/C8H14N2S/c1-6(5-9)7(2)8-3-4-11-10-8/h3-4,6-7H,5,9H2,1-2H3. The quantitative estimate of drug-likeness (QED) is 0.751. The average molecular weight is 170 g/mol. The number of hydrogen-bond donors (Lipinski definition) is 1. The fourth-order valence-corrected chi connectivity index (χ4v) is 1.56. The molecular formula is C8H14N2S. The van der Waals surface area contributed by atoms with Gasteiger partial charge in [0, 0.05) is 11.3 Å². The van der Waals surface area contributed by atoms with Gasteiger partial charge in [-0.1, -0.05) is 13.8 Å². The smallest absolute Gasteiger partial charge is 0.0573 e. The van der Waals surface area contributed by atoms with Gasteiger partial charge in [0.1, 0.15) is 0 Å². The van der Waals surface area contributed by atoms with Gasteiger partial charge >= 0.3 is 0 Å². The zero-order valence-electron chi connectivity index (χ0n) is 6.95. The number of nitrogens with two attached hydrogens (primary N) is 1. The Morgan fingerprint density at radius 2 is 2.36 bits per heavy atom. The fourth-order valence-electron chi connectivity index (χ4n) is 0.952. The van der Waals surface area contributed by atoms with Crippen LogP contribution in [0.15, 0.2) is 11.4 Å². The number of rotatable bonds is 3. The lowest BCUT2D eigenvalue weighted by Crippen LogP contribution is -2.17. The zero-order chi connectivity index (χ0) is 8.27. The van der Waals surface area contributed by atoms with Crippen molar-refractivity contribution in [3.63, 3.8) is 0 Å². The van der Waals surface area contributed by atoms with E-state index >= 15 is 0 Å². The zero-order valence-corrected chi connectivity index (χ0v) is 7.77. The van der Waals surface area contributed by atoms with Crippen molar-refractivity contribution in [1.82, 2.24) is 4.37 Å². The summed E-state index contributed by atoms with van der Waals surface area (Å²) in [4.78, 5) is 0. The summed E-state index contributed by atoms with van der Waals surface area (Å²) in [6, 6.07) is 2.07. The highest BCUT2D eigenvalue weighted by molar-refractivity contribution is 7.03. The summed E-state index contributed by atoms with van der Waals surface area (Å²) in [5.41, 5.74) is 6.73. The normalized spacial score (nSPS) is 16.3. The Kier molecular flexibility index (Phi) is 3.02. The fraction of sp³-hybridized carbons (Fsp3) is 0.625. The lowest BCUT2D eigenvalue weighted by Gasteiger charge is -2.14. The second kappa shape index (κ2) is 3.83. The molecule has 0 spiro atoms. The Bertz CT molecular complexity index is 196. The Hall–Kier alpha value is -0.410. The van der Waals surface area contributed by atoms with Crippen molar-refractivity contribution in [1.29, 1.82) is 0 Å². The lowest BCUT2D eigenvalue weighted by atomic mass is 9.93. The van der Waals surface area contributed by atoms with Crippen LogP contribution in [0.1, 0.15) is 25.5 Å². The predicted molar refractivity (Wildman–Crippen MR) is 48.7 cm³/mol. The van der Waals surface area contributed by atoms with Gasteiger partial charge in [-0.2, -0.15) is 4.37 Å². The first-order valence-electron chi connectivity index (χ1n) is 3.86. The summed E-state index contributed by atoms with van der Waals surface area (Å²) in [6.45, 7) is 5.06. The SMILES string of the molecule is CC(CN)C(C)c1ccsn1. The van der Waals surface area contributed by atoms with E-state index in [4.69, 9.17) is 5.73 Å². The van der Waals surface area contributed by atoms with E-state index in [0.29, 0.717) is 11.8 Å². The Balaban J connectivity index is 2.62. The molecule has 2 unspecified atom stereocenters. The minimum atomic E-state index is 0.492. The van der Waals surface area contributed by atoms with Gasteiger partial charge in [-0.05, 0) is 30.1 Å². The second-order valence-corrected chi connectivity index (χ2v) is 3.59. The molecular weight excluding hydrogens is 156 g/mol. The average Bonchev–Trinajstić information content (AvgIpc) is 2.53. The molecule has 0 radical (unpaired) electrons. The van der Waals surface area contributed by atoms with E-state index in [-0.39, 0.29) is 0 Å². The summed E-state index contributed by atoms with van der Waals surface area (Å²) in [7, 11) is 0. The molecule has 62 valence electrons. The molecule has 0 amide bonds. The van der Waals surface area contributed by atoms with Crippen LogP contribution in [0.5, 0.6) is 0 Å². The van der Waals surface area contributed by atoms with E-state index in [9.17, 15) is 0 Å². The Morgan fingerprint density at radius 3 is 2.82 bits per heavy atom. The van der Waals surface area contributed by atoms with Gasteiger partial charge < -0.3 is 5.73 Å². The third-order valence-electron chi connectivity index (χ3n) is 2.15. The first kappa shape index (κ1) is 8.68. The van der Waals surface area contributed by atoms with Crippen LogP contribution >= 0.6 is 11.5 Å². The molecule has 1 aromatic rings. The molecule has 1 heterocycles. The Morgan fingerprint density at radius 1 is 1.64 bits per heavy atom. The molecule has 0 aliphatic rings. The van der Waals surface area contributed by atoms with Gasteiger partial charge in [-0.25, -0.2) is 0 Å².